The van der Waals surface area contributed by atoms with Gasteiger partial charge in [-0.2, -0.15) is 5.10 Å². The van der Waals surface area contributed by atoms with Crippen LogP contribution >= 0.6 is 0 Å². The van der Waals surface area contributed by atoms with Crippen molar-refractivity contribution in [1.82, 2.24) is 20.1 Å². The minimum atomic E-state index is -0.0456. The molecular weight excluding hydrogens is 336 g/mol. The van der Waals surface area contributed by atoms with E-state index in [0.717, 1.165) is 34.5 Å². The molecule has 1 aromatic carbocycles. The van der Waals surface area contributed by atoms with Crippen LogP contribution in [-0.4, -0.2) is 27.2 Å². The van der Waals surface area contributed by atoms with Gasteiger partial charge in [0, 0.05) is 29.9 Å². The summed E-state index contributed by atoms with van der Waals surface area (Å²) in [6, 6.07) is 11.8. The standard InChI is InChI=1S/C22H28N4O/c1-14(2)21-11-19(18-8-6-7-9-20(18)24-21)22(27)23-12-15(3)13-26-17(5)10-16(4)25-26/h6-11,14-15H,12-13H2,1-5H3,(H,23,27). The highest BCUT2D eigenvalue weighted by molar-refractivity contribution is 6.06. The molecule has 0 aliphatic rings. The molecule has 0 bridgehead atoms. The van der Waals surface area contributed by atoms with E-state index in [1.165, 1.54) is 0 Å². The number of pyridine rings is 1. The van der Waals surface area contributed by atoms with Crippen molar-refractivity contribution < 1.29 is 4.79 Å². The predicted molar refractivity (Wildman–Crippen MR) is 109 cm³/mol. The summed E-state index contributed by atoms with van der Waals surface area (Å²) in [6.45, 7) is 11.8. The lowest BCUT2D eigenvalue weighted by molar-refractivity contribution is 0.0948. The van der Waals surface area contributed by atoms with Crippen molar-refractivity contribution in [1.29, 1.82) is 0 Å². The van der Waals surface area contributed by atoms with Gasteiger partial charge in [0.2, 0.25) is 0 Å². The minimum absolute atomic E-state index is 0.0456. The minimum Gasteiger partial charge on any atom is -0.352 e. The number of carbonyl (C=O) groups excluding carboxylic acids is 1. The van der Waals surface area contributed by atoms with Crippen LogP contribution in [0.4, 0.5) is 0 Å². The highest BCUT2D eigenvalue weighted by Crippen LogP contribution is 2.22. The number of hydrogen-bond donors (Lipinski definition) is 1. The first-order valence-corrected chi connectivity index (χ1v) is 9.54. The summed E-state index contributed by atoms with van der Waals surface area (Å²) in [6.07, 6.45) is 0. The monoisotopic (exact) mass is 364 g/mol. The maximum absolute atomic E-state index is 12.9. The van der Waals surface area contributed by atoms with Gasteiger partial charge in [-0.3, -0.25) is 14.5 Å². The van der Waals surface area contributed by atoms with Crippen LogP contribution in [0.15, 0.2) is 36.4 Å². The largest absolute Gasteiger partial charge is 0.352 e. The number of benzene rings is 1. The first-order chi connectivity index (χ1) is 12.8. The van der Waals surface area contributed by atoms with Crippen LogP contribution in [0, 0.1) is 19.8 Å². The maximum Gasteiger partial charge on any atom is 0.252 e. The molecule has 0 saturated heterocycles. The highest BCUT2D eigenvalue weighted by Gasteiger charge is 2.15. The van der Waals surface area contributed by atoms with Gasteiger partial charge in [-0.25, -0.2) is 0 Å². The molecule has 5 nitrogen and oxygen atoms in total. The molecule has 1 N–H and O–H groups in total. The average Bonchev–Trinajstić information content (AvgIpc) is 2.95. The first kappa shape index (κ1) is 19.1. The van der Waals surface area contributed by atoms with Crippen LogP contribution in [0.3, 0.4) is 0 Å². The molecule has 1 unspecified atom stereocenters. The van der Waals surface area contributed by atoms with Gasteiger partial charge in [0.15, 0.2) is 0 Å². The molecule has 2 heterocycles. The molecule has 5 heteroatoms. The number of aromatic nitrogens is 3. The Morgan fingerprint density at radius 1 is 1.15 bits per heavy atom. The fourth-order valence-electron chi connectivity index (χ4n) is 3.26. The van der Waals surface area contributed by atoms with Crippen molar-refractivity contribution in [3.05, 3.63) is 59.0 Å². The zero-order chi connectivity index (χ0) is 19.6. The summed E-state index contributed by atoms with van der Waals surface area (Å²) in [5.41, 5.74) is 4.67. The number of nitrogens with one attached hydrogen (secondary N) is 1. The molecule has 0 aliphatic heterocycles. The molecule has 1 atom stereocenters. The maximum atomic E-state index is 12.9. The molecule has 0 fully saturated rings. The van der Waals surface area contributed by atoms with E-state index in [1.807, 2.05) is 41.9 Å². The van der Waals surface area contributed by atoms with Gasteiger partial charge in [0.05, 0.1) is 16.8 Å². The number of nitrogens with zero attached hydrogens (tertiary/aromatic N) is 3. The number of amides is 1. The summed E-state index contributed by atoms with van der Waals surface area (Å²) < 4.78 is 2.00. The van der Waals surface area contributed by atoms with Gasteiger partial charge in [0.1, 0.15) is 0 Å². The zero-order valence-corrected chi connectivity index (χ0v) is 16.8. The van der Waals surface area contributed by atoms with Crippen molar-refractivity contribution in [3.8, 4) is 0 Å². The van der Waals surface area contributed by atoms with E-state index < -0.39 is 0 Å². The molecule has 3 aromatic rings. The summed E-state index contributed by atoms with van der Waals surface area (Å²) in [7, 11) is 0. The van der Waals surface area contributed by atoms with Gasteiger partial charge in [0.25, 0.3) is 5.91 Å². The number of hydrogen-bond acceptors (Lipinski definition) is 3. The number of carbonyl (C=O) groups is 1. The molecule has 0 radical (unpaired) electrons. The van der Waals surface area contributed by atoms with Gasteiger partial charge in [-0.1, -0.05) is 39.0 Å². The first-order valence-electron chi connectivity index (χ1n) is 9.54. The Labute approximate surface area is 160 Å². The average molecular weight is 364 g/mol. The van der Waals surface area contributed by atoms with Crippen molar-refractivity contribution >= 4 is 16.8 Å². The van der Waals surface area contributed by atoms with Crippen molar-refractivity contribution in [2.75, 3.05) is 6.54 Å². The molecule has 1 amide bonds. The van der Waals surface area contributed by atoms with Crippen LogP contribution in [0.25, 0.3) is 10.9 Å². The third kappa shape index (κ3) is 4.35. The molecule has 27 heavy (non-hydrogen) atoms. The smallest absolute Gasteiger partial charge is 0.252 e. The summed E-state index contributed by atoms with van der Waals surface area (Å²) in [5.74, 6) is 0.506. The second-order valence-electron chi connectivity index (χ2n) is 7.69. The van der Waals surface area contributed by atoms with E-state index in [2.05, 4.69) is 49.2 Å². The fourth-order valence-corrected chi connectivity index (χ4v) is 3.26. The zero-order valence-electron chi connectivity index (χ0n) is 16.8. The van der Waals surface area contributed by atoms with Gasteiger partial charge in [-0.05, 0) is 43.9 Å². The van der Waals surface area contributed by atoms with E-state index in [9.17, 15) is 4.79 Å². The third-order valence-corrected chi connectivity index (χ3v) is 4.77. The molecule has 0 spiro atoms. The summed E-state index contributed by atoms with van der Waals surface area (Å²) >= 11 is 0. The third-order valence-electron chi connectivity index (χ3n) is 4.77. The summed E-state index contributed by atoms with van der Waals surface area (Å²) in [4.78, 5) is 17.6. The SMILES string of the molecule is Cc1cc(C)n(CC(C)CNC(=O)c2cc(C(C)C)nc3ccccc23)n1. The molecule has 0 aliphatic carbocycles. The Bertz CT molecular complexity index is 958. The molecule has 0 saturated carbocycles. The Kier molecular flexibility index (Phi) is 5.59. The van der Waals surface area contributed by atoms with E-state index in [0.29, 0.717) is 12.1 Å². The van der Waals surface area contributed by atoms with E-state index >= 15 is 0 Å². The normalized spacial score (nSPS) is 12.5. The second kappa shape index (κ2) is 7.91. The van der Waals surface area contributed by atoms with E-state index in [1.54, 1.807) is 0 Å². The van der Waals surface area contributed by atoms with Crippen LogP contribution in [0.5, 0.6) is 0 Å². The number of aryl methyl sites for hydroxylation is 2. The molecule has 142 valence electrons. The Morgan fingerprint density at radius 2 is 1.89 bits per heavy atom. The van der Waals surface area contributed by atoms with Crippen LogP contribution in [0.1, 0.15) is 54.1 Å². The number of rotatable bonds is 6. The van der Waals surface area contributed by atoms with Crippen molar-refractivity contribution in [3.63, 3.8) is 0 Å². The second-order valence-corrected chi connectivity index (χ2v) is 7.69. The number of para-hydroxylation sites is 1. The predicted octanol–water partition coefficient (Wildman–Crippen LogP) is 4.24. The lowest BCUT2D eigenvalue weighted by atomic mass is 10.0. The lowest BCUT2D eigenvalue weighted by Gasteiger charge is -2.15. The van der Waals surface area contributed by atoms with Crippen molar-refractivity contribution in [2.24, 2.45) is 5.92 Å². The van der Waals surface area contributed by atoms with Crippen LogP contribution < -0.4 is 5.32 Å². The molecule has 3 rings (SSSR count). The van der Waals surface area contributed by atoms with Gasteiger partial charge >= 0.3 is 0 Å². The molecule has 2 aromatic heterocycles. The van der Waals surface area contributed by atoms with Crippen molar-refractivity contribution in [2.45, 2.75) is 47.1 Å². The van der Waals surface area contributed by atoms with Gasteiger partial charge in [-0.15, -0.1) is 0 Å². The highest BCUT2D eigenvalue weighted by atomic mass is 16.1. The topological polar surface area (TPSA) is 59.8 Å². The Morgan fingerprint density at radius 3 is 2.56 bits per heavy atom. The Hall–Kier alpha value is -2.69. The Balaban J connectivity index is 1.75. The molecular formula is C22H28N4O. The van der Waals surface area contributed by atoms with Crippen LogP contribution in [-0.2, 0) is 6.54 Å². The summed E-state index contributed by atoms with van der Waals surface area (Å²) in [5, 5.41) is 8.49. The van der Waals surface area contributed by atoms with Crippen LogP contribution in [0.2, 0.25) is 0 Å². The van der Waals surface area contributed by atoms with E-state index in [-0.39, 0.29) is 17.7 Å². The van der Waals surface area contributed by atoms with Gasteiger partial charge < -0.3 is 5.32 Å². The van der Waals surface area contributed by atoms with E-state index in [4.69, 9.17) is 0 Å². The lowest BCUT2D eigenvalue weighted by Crippen LogP contribution is -2.30. The quantitative estimate of drug-likeness (QED) is 0.712. The fraction of sp³-hybridized carbons (Fsp3) is 0.409. The number of fused-ring (bicyclic) bond motifs is 1.